The molecule has 1 saturated carbocycles. The van der Waals surface area contributed by atoms with Gasteiger partial charge in [0, 0.05) is 23.7 Å². The second-order valence-corrected chi connectivity index (χ2v) is 7.95. The molecule has 0 amide bonds. The van der Waals surface area contributed by atoms with E-state index in [9.17, 15) is 12.8 Å². The molecule has 0 aliphatic heterocycles. The molecule has 1 aromatic carbocycles. The molecule has 1 aromatic rings. The van der Waals surface area contributed by atoms with Crippen molar-refractivity contribution in [2.45, 2.75) is 56.6 Å². The van der Waals surface area contributed by atoms with Crippen molar-refractivity contribution < 1.29 is 12.8 Å². The average molecular weight is 300 g/mol. The molecule has 4 nitrogen and oxygen atoms in total. The molecule has 0 spiro atoms. The number of hydrogen-bond donors (Lipinski definition) is 2. The molecule has 2 N–H and O–H groups in total. The maximum atomic E-state index is 13.7. The van der Waals surface area contributed by atoms with Gasteiger partial charge in [-0.3, -0.25) is 0 Å². The fraction of sp³-hybridized carbons (Fsp3) is 0.571. The first-order valence-electron chi connectivity index (χ1n) is 6.73. The maximum absolute atomic E-state index is 13.7. The van der Waals surface area contributed by atoms with Crippen LogP contribution in [0.3, 0.4) is 0 Å². The molecular formula is C14H21FN2O2S. The summed E-state index contributed by atoms with van der Waals surface area (Å²) in [4.78, 5) is 0.0985. The lowest BCUT2D eigenvalue weighted by atomic mass is 10.1. The summed E-state index contributed by atoms with van der Waals surface area (Å²) in [5.41, 5.74) is -0.187. The zero-order valence-corrected chi connectivity index (χ0v) is 12.8. The molecule has 1 aliphatic carbocycles. The summed E-state index contributed by atoms with van der Waals surface area (Å²) in [5, 5.41) is 3.19. The third kappa shape index (κ3) is 4.26. The second kappa shape index (κ2) is 5.42. The Morgan fingerprint density at radius 2 is 1.95 bits per heavy atom. The van der Waals surface area contributed by atoms with Crippen LogP contribution in [-0.4, -0.2) is 20.0 Å². The van der Waals surface area contributed by atoms with Gasteiger partial charge >= 0.3 is 0 Å². The summed E-state index contributed by atoms with van der Waals surface area (Å²) in [6.07, 6.45) is 2.20. The van der Waals surface area contributed by atoms with Crippen LogP contribution in [0.4, 0.5) is 4.39 Å². The van der Waals surface area contributed by atoms with Crippen molar-refractivity contribution in [2.75, 3.05) is 0 Å². The van der Waals surface area contributed by atoms with Gasteiger partial charge in [-0.05, 0) is 51.8 Å². The van der Waals surface area contributed by atoms with Crippen LogP contribution >= 0.6 is 0 Å². The van der Waals surface area contributed by atoms with Crippen LogP contribution in [0, 0.1) is 5.82 Å². The average Bonchev–Trinajstić information content (AvgIpc) is 3.08. The largest absolute Gasteiger partial charge is 0.310 e. The Kier molecular flexibility index (Phi) is 4.18. The number of benzene rings is 1. The van der Waals surface area contributed by atoms with E-state index >= 15 is 0 Å². The summed E-state index contributed by atoms with van der Waals surface area (Å²) in [6.45, 7) is 5.66. The van der Waals surface area contributed by atoms with Crippen LogP contribution in [-0.2, 0) is 16.6 Å². The molecule has 20 heavy (non-hydrogen) atoms. The molecule has 2 rings (SSSR count). The van der Waals surface area contributed by atoms with E-state index in [0.29, 0.717) is 18.2 Å². The number of rotatable bonds is 5. The molecule has 0 bridgehead atoms. The molecule has 1 aliphatic rings. The Morgan fingerprint density at radius 1 is 1.30 bits per heavy atom. The van der Waals surface area contributed by atoms with Crippen LogP contribution in [0.1, 0.15) is 39.2 Å². The number of nitrogens with one attached hydrogen (secondary N) is 2. The fourth-order valence-electron chi connectivity index (χ4n) is 1.86. The molecule has 6 heteroatoms. The van der Waals surface area contributed by atoms with Gasteiger partial charge in [-0.1, -0.05) is 0 Å². The first kappa shape index (κ1) is 15.4. The van der Waals surface area contributed by atoms with Gasteiger partial charge in [0.1, 0.15) is 5.82 Å². The van der Waals surface area contributed by atoms with Gasteiger partial charge in [-0.25, -0.2) is 17.5 Å². The van der Waals surface area contributed by atoms with Gasteiger partial charge in [0.25, 0.3) is 0 Å². The van der Waals surface area contributed by atoms with Crippen molar-refractivity contribution >= 4 is 10.0 Å². The summed E-state index contributed by atoms with van der Waals surface area (Å²) in [5.74, 6) is -0.382. The van der Waals surface area contributed by atoms with E-state index in [1.807, 2.05) is 0 Å². The molecule has 1 fully saturated rings. The van der Waals surface area contributed by atoms with Crippen LogP contribution in [0.25, 0.3) is 0 Å². The fourth-order valence-corrected chi connectivity index (χ4v) is 3.33. The predicted octanol–water partition coefficient (Wildman–Crippen LogP) is 2.15. The van der Waals surface area contributed by atoms with E-state index in [1.54, 1.807) is 20.8 Å². The van der Waals surface area contributed by atoms with Crippen molar-refractivity contribution in [1.29, 1.82) is 0 Å². The summed E-state index contributed by atoms with van der Waals surface area (Å²) >= 11 is 0. The van der Waals surface area contributed by atoms with Gasteiger partial charge < -0.3 is 5.32 Å². The molecule has 0 unspecified atom stereocenters. The van der Waals surface area contributed by atoms with Gasteiger partial charge in [-0.2, -0.15) is 0 Å². The van der Waals surface area contributed by atoms with E-state index < -0.39 is 15.6 Å². The third-order valence-electron chi connectivity index (χ3n) is 2.93. The molecule has 112 valence electrons. The Hall–Kier alpha value is -0.980. The topological polar surface area (TPSA) is 58.2 Å². The smallest absolute Gasteiger partial charge is 0.241 e. The highest BCUT2D eigenvalue weighted by atomic mass is 32.2. The van der Waals surface area contributed by atoms with Crippen molar-refractivity contribution in [1.82, 2.24) is 10.0 Å². The standard InChI is InChI=1S/C14H21FN2O2S/c1-14(2,3)17-20(18,19)12-6-7-13(15)10(8-12)9-16-11-4-5-11/h6-8,11,16-17H,4-5,9H2,1-3H3. The minimum Gasteiger partial charge on any atom is -0.310 e. The highest BCUT2D eigenvalue weighted by molar-refractivity contribution is 7.89. The summed E-state index contributed by atoms with van der Waals surface area (Å²) in [7, 11) is -3.62. The van der Waals surface area contributed by atoms with Crippen LogP contribution < -0.4 is 10.0 Å². The van der Waals surface area contributed by atoms with Gasteiger partial charge in [0.2, 0.25) is 10.0 Å². The lowest BCUT2D eigenvalue weighted by Crippen LogP contribution is -2.40. The minimum atomic E-state index is -3.62. The predicted molar refractivity (Wildman–Crippen MR) is 76.3 cm³/mol. The van der Waals surface area contributed by atoms with Crippen molar-refractivity contribution in [2.24, 2.45) is 0 Å². The molecule has 0 saturated heterocycles. The van der Waals surface area contributed by atoms with Gasteiger partial charge in [0.05, 0.1) is 4.90 Å². The molecule has 0 radical (unpaired) electrons. The first-order chi connectivity index (χ1) is 9.17. The zero-order chi connectivity index (χ0) is 15.0. The number of halogens is 1. The molecule has 0 heterocycles. The SMILES string of the molecule is CC(C)(C)NS(=O)(=O)c1ccc(F)c(CNC2CC2)c1. The lowest BCUT2D eigenvalue weighted by Gasteiger charge is -2.20. The molecule has 0 atom stereocenters. The van der Waals surface area contributed by atoms with Gasteiger partial charge in [0.15, 0.2) is 0 Å². The minimum absolute atomic E-state index is 0.0985. The van der Waals surface area contributed by atoms with E-state index in [4.69, 9.17) is 0 Å². The Bertz CT molecular complexity index is 590. The number of hydrogen-bond acceptors (Lipinski definition) is 3. The lowest BCUT2D eigenvalue weighted by molar-refractivity contribution is 0.491. The van der Waals surface area contributed by atoms with E-state index in [0.717, 1.165) is 12.8 Å². The van der Waals surface area contributed by atoms with E-state index in [2.05, 4.69) is 10.0 Å². The summed E-state index contributed by atoms with van der Waals surface area (Å²) < 4.78 is 40.7. The monoisotopic (exact) mass is 300 g/mol. The Labute approximate surface area is 119 Å². The van der Waals surface area contributed by atoms with Crippen LogP contribution in [0.2, 0.25) is 0 Å². The molecular weight excluding hydrogens is 279 g/mol. The summed E-state index contributed by atoms with van der Waals surface area (Å²) in [6, 6.07) is 4.35. The highest BCUT2D eigenvalue weighted by Gasteiger charge is 2.24. The zero-order valence-electron chi connectivity index (χ0n) is 12.0. The van der Waals surface area contributed by atoms with E-state index in [-0.39, 0.29) is 10.7 Å². The van der Waals surface area contributed by atoms with Crippen molar-refractivity contribution in [3.8, 4) is 0 Å². The van der Waals surface area contributed by atoms with Crippen LogP contribution in [0.15, 0.2) is 23.1 Å². The van der Waals surface area contributed by atoms with E-state index in [1.165, 1.54) is 18.2 Å². The van der Waals surface area contributed by atoms with Gasteiger partial charge in [-0.15, -0.1) is 0 Å². The Balaban J connectivity index is 2.20. The van der Waals surface area contributed by atoms with Crippen LogP contribution in [0.5, 0.6) is 0 Å². The third-order valence-corrected chi connectivity index (χ3v) is 4.68. The Morgan fingerprint density at radius 3 is 2.50 bits per heavy atom. The normalized spacial score (nSPS) is 16.4. The quantitative estimate of drug-likeness (QED) is 0.876. The maximum Gasteiger partial charge on any atom is 0.241 e. The second-order valence-electron chi connectivity index (χ2n) is 6.26. The van der Waals surface area contributed by atoms with Crippen molar-refractivity contribution in [3.05, 3.63) is 29.6 Å². The molecule has 0 aromatic heterocycles. The highest BCUT2D eigenvalue weighted by Crippen LogP contribution is 2.21. The first-order valence-corrected chi connectivity index (χ1v) is 8.21. The number of sulfonamides is 1. The van der Waals surface area contributed by atoms with Crippen molar-refractivity contribution in [3.63, 3.8) is 0 Å².